The second-order valence-electron chi connectivity index (χ2n) is 9.99. The summed E-state index contributed by atoms with van der Waals surface area (Å²) in [5.41, 5.74) is 12.7. The standard InChI is InChI=1S/C28H37N5O7/c1-16(2)12-23(28(39)40)33-26(37)21(14-18-8-10-19(34)11-9-18)32-27(38)22(15-24(30)35)31-25(36)20(29)13-17-6-4-3-5-7-17/h3-11,16,20-23,34H,12-15,29H2,1-2H3,(H2,30,35)(H,31,36)(H,32,38)(H,33,37)(H,39,40). The second-order valence-corrected chi connectivity index (χ2v) is 9.99. The van der Waals surface area contributed by atoms with E-state index < -0.39 is 60.2 Å². The van der Waals surface area contributed by atoms with Crippen molar-refractivity contribution in [2.24, 2.45) is 17.4 Å². The minimum atomic E-state index is -1.44. The van der Waals surface area contributed by atoms with E-state index in [1.165, 1.54) is 24.3 Å². The summed E-state index contributed by atoms with van der Waals surface area (Å²) in [5.74, 6) is -4.52. The van der Waals surface area contributed by atoms with E-state index >= 15 is 0 Å². The number of hydrogen-bond donors (Lipinski definition) is 7. The van der Waals surface area contributed by atoms with E-state index in [4.69, 9.17) is 11.5 Å². The van der Waals surface area contributed by atoms with Crippen LogP contribution in [0.2, 0.25) is 0 Å². The summed E-state index contributed by atoms with van der Waals surface area (Å²) in [7, 11) is 0. The topological polar surface area (TPSA) is 214 Å². The highest BCUT2D eigenvalue weighted by atomic mass is 16.4. The van der Waals surface area contributed by atoms with Gasteiger partial charge in [-0.05, 0) is 42.0 Å². The molecule has 2 aromatic carbocycles. The number of aromatic hydroxyl groups is 1. The summed E-state index contributed by atoms with van der Waals surface area (Å²) in [4.78, 5) is 62.6. The van der Waals surface area contributed by atoms with Crippen molar-refractivity contribution in [2.75, 3.05) is 0 Å². The van der Waals surface area contributed by atoms with Crippen molar-refractivity contribution >= 4 is 29.6 Å². The van der Waals surface area contributed by atoms with Crippen molar-refractivity contribution in [3.63, 3.8) is 0 Å². The zero-order chi connectivity index (χ0) is 29.8. The van der Waals surface area contributed by atoms with E-state index in [0.29, 0.717) is 5.56 Å². The molecule has 0 fully saturated rings. The summed E-state index contributed by atoms with van der Waals surface area (Å²) >= 11 is 0. The lowest BCUT2D eigenvalue weighted by Gasteiger charge is -2.25. The average Bonchev–Trinajstić information content (AvgIpc) is 2.88. The molecule has 0 aliphatic rings. The Morgan fingerprint density at radius 2 is 1.27 bits per heavy atom. The first-order chi connectivity index (χ1) is 18.8. The van der Waals surface area contributed by atoms with Gasteiger partial charge in [0.2, 0.25) is 23.6 Å². The molecule has 12 nitrogen and oxygen atoms in total. The summed E-state index contributed by atoms with van der Waals surface area (Å²) in [6.45, 7) is 3.61. The fourth-order valence-electron chi connectivity index (χ4n) is 3.96. The Balaban J connectivity index is 2.23. The first-order valence-electron chi connectivity index (χ1n) is 12.8. The lowest BCUT2D eigenvalue weighted by atomic mass is 10.0. The van der Waals surface area contributed by atoms with Crippen LogP contribution in [0.5, 0.6) is 5.75 Å². The van der Waals surface area contributed by atoms with E-state index in [9.17, 15) is 34.2 Å². The van der Waals surface area contributed by atoms with Crippen molar-refractivity contribution in [2.45, 2.75) is 63.7 Å². The van der Waals surface area contributed by atoms with Crippen LogP contribution in [-0.4, -0.2) is 64.0 Å². The number of phenolic OH excluding ortho intramolecular Hbond substituents is 1. The molecule has 2 aromatic rings. The average molecular weight is 556 g/mol. The van der Waals surface area contributed by atoms with Gasteiger partial charge in [0.15, 0.2) is 0 Å². The maximum absolute atomic E-state index is 13.2. The van der Waals surface area contributed by atoms with Crippen LogP contribution in [0.3, 0.4) is 0 Å². The van der Waals surface area contributed by atoms with Crippen molar-refractivity contribution < 1.29 is 34.2 Å². The Morgan fingerprint density at radius 3 is 1.82 bits per heavy atom. The highest BCUT2D eigenvalue weighted by Crippen LogP contribution is 2.13. The number of carboxylic acid groups (broad SMARTS) is 1. The van der Waals surface area contributed by atoms with Gasteiger partial charge in [0.25, 0.3) is 0 Å². The SMILES string of the molecule is CC(C)CC(NC(=O)C(Cc1ccc(O)cc1)NC(=O)C(CC(N)=O)NC(=O)C(N)Cc1ccccc1)C(=O)O. The molecule has 0 aliphatic carbocycles. The fraction of sp³-hybridized carbons (Fsp3) is 0.393. The summed E-state index contributed by atoms with van der Waals surface area (Å²) in [6.07, 6.45) is -0.304. The summed E-state index contributed by atoms with van der Waals surface area (Å²) in [6, 6.07) is 9.89. The van der Waals surface area contributed by atoms with Gasteiger partial charge in [-0.1, -0.05) is 56.3 Å². The first-order valence-corrected chi connectivity index (χ1v) is 12.8. The zero-order valence-corrected chi connectivity index (χ0v) is 22.5. The van der Waals surface area contributed by atoms with Gasteiger partial charge in [-0.25, -0.2) is 4.79 Å². The van der Waals surface area contributed by atoms with Crippen LogP contribution in [0.25, 0.3) is 0 Å². The quantitative estimate of drug-likeness (QED) is 0.158. The molecule has 0 spiro atoms. The predicted octanol–water partition coefficient (Wildman–Crippen LogP) is -0.0348. The molecule has 0 bridgehead atoms. The number of rotatable bonds is 15. The van der Waals surface area contributed by atoms with Crippen molar-refractivity contribution in [3.8, 4) is 5.75 Å². The lowest BCUT2D eigenvalue weighted by Crippen LogP contribution is -2.58. The monoisotopic (exact) mass is 555 g/mol. The largest absolute Gasteiger partial charge is 0.508 e. The molecule has 0 saturated heterocycles. The van der Waals surface area contributed by atoms with Gasteiger partial charge >= 0.3 is 5.97 Å². The third-order valence-electron chi connectivity index (χ3n) is 6.00. The molecule has 2 rings (SSSR count). The molecule has 0 saturated carbocycles. The maximum atomic E-state index is 13.2. The van der Waals surface area contributed by atoms with Gasteiger partial charge in [-0.3, -0.25) is 19.2 Å². The molecule has 0 heterocycles. The Hall–Kier alpha value is -4.45. The normalized spacial score (nSPS) is 13.9. The fourth-order valence-corrected chi connectivity index (χ4v) is 3.96. The highest BCUT2D eigenvalue weighted by Gasteiger charge is 2.31. The van der Waals surface area contributed by atoms with Crippen molar-refractivity contribution in [1.29, 1.82) is 0 Å². The number of amides is 4. The molecule has 4 atom stereocenters. The van der Waals surface area contributed by atoms with E-state index in [1.807, 2.05) is 6.07 Å². The number of benzene rings is 2. The summed E-state index contributed by atoms with van der Waals surface area (Å²) in [5, 5.41) is 26.5. The van der Waals surface area contributed by atoms with Crippen LogP contribution in [-0.2, 0) is 36.8 Å². The first kappa shape index (κ1) is 31.8. The van der Waals surface area contributed by atoms with Gasteiger partial charge < -0.3 is 37.6 Å². The Labute approximate surface area is 232 Å². The Bertz CT molecular complexity index is 1170. The maximum Gasteiger partial charge on any atom is 0.326 e. The van der Waals surface area contributed by atoms with Gasteiger partial charge in [-0.2, -0.15) is 0 Å². The molecule has 4 unspecified atom stereocenters. The number of carbonyl (C=O) groups excluding carboxylic acids is 4. The molecule has 216 valence electrons. The van der Waals surface area contributed by atoms with Crippen molar-refractivity contribution in [1.82, 2.24) is 16.0 Å². The lowest BCUT2D eigenvalue weighted by molar-refractivity contribution is -0.143. The van der Waals surface area contributed by atoms with E-state index in [0.717, 1.165) is 5.56 Å². The third-order valence-corrected chi connectivity index (χ3v) is 6.00. The van der Waals surface area contributed by atoms with E-state index in [2.05, 4.69) is 16.0 Å². The van der Waals surface area contributed by atoms with Crippen molar-refractivity contribution in [3.05, 3.63) is 65.7 Å². The number of hydrogen-bond acceptors (Lipinski definition) is 7. The molecule has 0 aromatic heterocycles. The van der Waals surface area contributed by atoms with Crippen LogP contribution in [0.1, 0.15) is 37.8 Å². The van der Waals surface area contributed by atoms with Crippen LogP contribution in [0, 0.1) is 5.92 Å². The van der Waals surface area contributed by atoms with Crippen LogP contribution in [0.15, 0.2) is 54.6 Å². The van der Waals surface area contributed by atoms with Crippen LogP contribution >= 0.6 is 0 Å². The highest BCUT2D eigenvalue weighted by molar-refractivity contribution is 5.96. The molecule has 0 aliphatic heterocycles. The van der Waals surface area contributed by atoms with Gasteiger partial charge in [0, 0.05) is 6.42 Å². The third kappa shape index (κ3) is 10.7. The predicted molar refractivity (Wildman–Crippen MR) is 147 cm³/mol. The number of nitrogens with one attached hydrogen (secondary N) is 3. The number of primary amides is 1. The van der Waals surface area contributed by atoms with Gasteiger partial charge in [0.1, 0.15) is 23.9 Å². The van der Waals surface area contributed by atoms with Crippen LogP contribution in [0.4, 0.5) is 0 Å². The molecular formula is C28H37N5O7. The molecular weight excluding hydrogens is 518 g/mol. The number of nitrogens with two attached hydrogens (primary N) is 2. The minimum absolute atomic E-state index is 0.00672. The van der Waals surface area contributed by atoms with E-state index in [1.54, 1.807) is 38.1 Å². The summed E-state index contributed by atoms with van der Waals surface area (Å²) < 4.78 is 0. The number of carboxylic acids is 1. The Morgan fingerprint density at radius 1 is 0.750 bits per heavy atom. The molecule has 9 N–H and O–H groups in total. The zero-order valence-electron chi connectivity index (χ0n) is 22.5. The Kier molecular flexibility index (Phi) is 12.1. The number of phenols is 1. The number of aliphatic carboxylic acids is 1. The second kappa shape index (κ2) is 15.2. The van der Waals surface area contributed by atoms with Crippen LogP contribution < -0.4 is 27.4 Å². The molecule has 4 amide bonds. The smallest absolute Gasteiger partial charge is 0.326 e. The number of carbonyl (C=O) groups is 5. The van der Waals surface area contributed by atoms with Gasteiger partial charge in [-0.15, -0.1) is 0 Å². The molecule has 12 heteroatoms. The van der Waals surface area contributed by atoms with Gasteiger partial charge in [0.05, 0.1) is 12.5 Å². The molecule has 0 radical (unpaired) electrons. The van der Waals surface area contributed by atoms with E-state index in [-0.39, 0.29) is 30.9 Å². The minimum Gasteiger partial charge on any atom is -0.508 e. The molecule has 40 heavy (non-hydrogen) atoms.